The Morgan fingerprint density at radius 1 is 1.15 bits per heavy atom. The number of benzene rings is 2. The van der Waals surface area contributed by atoms with Crippen LogP contribution in [-0.2, 0) is 11.3 Å². The largest absolute Gasteiger partial charge is 0.497 e. The van der Waals surface area contributed by atoms with Crippen LogP contribution in [-0.4, -0.2) is 68.7 Å². The summed E-state index contributed by atoms with van der Waals surface area (Å²) in [5.41, 5.74) is 1.70. The van der Waals surface area contributed by atoms with Crippen molar-refractivity contribution in [2.75, 3.05) is 25.5 Å². The van der Waals surface area contributed by atoms with Crippen molar-refractivity contribution in [3.05, 3.63) is 71.7 Å². The number of anilines is 1. The number of likely N-dealkylation sites (tertiary alicyclic amines) is 1. The van der Waals surface area contributed by atoms with Crippen LogP contribution in [0.5, 0.6) is 5.75 Å². The molecule has 1 aliphatic heterocycles. The van der Waals surface area contributed by atoms with E-state index < -0.39 is 23.0 Å². The molecular weight excluding hydrogens is 529 g/mol. The highest BCUT2D eigenvalue weighted by molar-refractivity contribution is 6.01. The van der Waals surface area contributed by atoms with Gasteiger partial charge in [0.25, 0.3) is 0 Å². The molecule has 0 bridgehead atoms. The molecule has 0 aliphatic carbocycles. The van der Waals surface area contributed by atoms with Gasteiger partial charge in [-0.1, -0.05) is 18.2 Å². The second-order valence-electron chi connectivity index (χ2n) is 11.0. The molecule has 0 saturated carbocycles. The van der Waals surface area contributed by atoms with E-state index in [0.29, 0.717) is 54.0 Å². The number of amides is 1. The van der Waals surface area contributed by atoms with E-state index in [0.717, 1.165) is 11.3 Å². The minimum absolute atomic E-state index is 0.103. The van der Waals surface area contributed by atoms with Gasteiger partial charge in [0, 0.05) is 25.3 Å². The number of aromatic nitrogens is 3. The van der Waals surface area contributed by atoms with Crippen molar-refractivity contribution in [2.24, 2.45) is 0 Å². The third-order valence-electron chi connectivity index (χ3n) is 6.82. The molecule has 1 amide bonds. The molecule has 1 atom stereocenters. The molecule has 0 spiro atoms. The van der Waals surface area contributed by atoms with Gasteiger partial charge in [0.15, 0.2) is 11.5 Å². The van der Waals surface area contributed by atoms with Crippen LogP contribution in [0.3, 0.4) is 0 Å². The van der Waals surface area contributed by atoms with Crippen molar-refractivity contribution in [3.8, 4) is 16.9 Å². The van der Waals surface area contributed by atoms with Crippen LogP contribution in [0.2, 0.25) is 0 Å². The number of carboxylic acids is 1. The first-order chi connectivity index (χ1) is 19.5. The van der Waals surface area contributed by atoms with Crippen LogP contribution in [0.25, 0.3) is 22.2 Å². The maximum Gasteiger partial charge on any atom is 0.410 e. The van der Waals surface area contributed by atoms with Gasteiger partial charge in [-0.05, 0) is 74.2 Å². The first kappa shape index (κ1) is 27.9. The zero-order chi connectivity index (χ0) is 29.3. The Bertz CT molecular complexity index is 1600. The molecule has 0 radical (unpaired) electrons. The standard InChI is InChI=1S/C30H32FN5O5/c1-30(2,3)41-29(39)35-14-12-20(17-35)33-26-25-22(19-7-10-23(28(37)38)24(31)15-19)11-13-32-27(25)36(34-26)16-18-5-8-21(40-4)9-6-18/h5-11,13,15,20H,12,14,16-17H2,1-4H3,(H,33,34)(H,37,38). The molecule has 1 aliphatic rings. The number of aromatic carboxylic acids is 1. The van der Waals surface area contributed by atoms with Crippen molar-refractivity contribution in [2.45, 2.75) is 45.4 Å². The van der Waals surface area contributed by atoms with E-state index in [1.165, 1.54) is 12.1 Å². The minimum atomic E-state index is -1.33. The van der Waals surface area contributed by atoms with Gasteiger partial charge in [-0.3, -0.25) is 0 Å². The van der Waals surface area contributed by atoms with Crippen molar-refractivity contribution in [1.29, 1.82) is 0 Å². The second-order valence-corrected chi connectivity index (χ2v) is 11.0. The van der Waals surface area contributed by atoms with Crippen molar-refractivity contribution in [1.82, 2.24) is 19.7 Å². The predicted molar refractivity (Wildman–Crippen MR) is 152 cm³/mol. The molecular formula is C30H32FN5O5. The lowest BCUT2D eigenvalue weighted by Gasteiger charge is -2.24. The Balaban J connectivity index is 1.52. The summed E-state index contributed by atoms with van der Waals surface area (Å²) < 4.78 is 27.3. The number of carbonyl (C=O) groups is 2. The third-order valence-corrected chi connectivity index (χ3v) is 6.82. The van der Waals surface area contributed by atoms with Crippen LogP contribution >= 0.6 is 0 Å². The Morgan fingerprint density at radius 2 is 1.90 bits per heavy atom. The van der Waals surface area contributed by atoms with Gasteiger partial charge in [-0.15, -0.1) is 0 Å². The van der Waals surface area contributed by atoms with E-state index in [4.69, 9.17) is 14.6 Å². The number of methoxy groups -OCH3 is 1. The number of carboxylic acid groups (broad SMARTS) is 1. The average Bonchev–Trinajstić information content (AvgIpc) is 3.53. The van der Waals surface area contributed by atoms with Crippen molar-refractivity contribution < 1.29 is 28.6 Å². The molecule has 4 aromatic rings. The number of carbonyl (C=O) groups excluding carboxylic acids is 1. The number of hydrogen-bond acceptors (Lipinski definition) is 7. The minimum Gasteiger partial charge on any atom is -0.497 e. The lowest BCUT2D eigenvalue weighted by molar-refractivity contribution is 0.0293. The van der Waals surface area contributed by atoms with Crippen LogP contribution in [0, 0.1) is 5.82 Å². The maximum atomic E-state index is 14.7. The fourth-order valence-corrected chi connectivity index (χ4v) is 4.87. The third kappa shape index (κ3) is 6.08. The summed E-state index contributed by atoms with van der Waals surface area (Å²) in [5.74, 6) is -0.886. The topological polar surface area (TPSA) is 119 Å². The molecule has 214 valence electrons. The molecule has 2 N–H and O–H groups in total. The Labute approximate surface area is 236 Å². The lowest BCUT2D eigenvalue weighted by atomic mass is 10.0. The summed E-state index contributed by atoms with van der Waals surface area (Å²) in [6.45, 7) is 6.87. The fourth-order valence-electron chi connectivity index (χ4n) is 4.87. The summed E-state index contributed by atoms with van der Waals surface area (Å²) in [6.07, 6.45) is 1.94. The number of fused-ring (bicyclic) bond motifs is 1. The summed E-state index contributed by atoms with van der Waals surface area (Å²) in [7, 11) is 1.61. The quantitative estimate of drug-likeness (QED) is 0.307. The first-order valence-corrected chi connectivity index (χ1v) is 13.3. The van der Waals surface area contributed by atoms with Gasteiger partial charge in [0.1, 0.15) is 17.2 Å². The summed E-state index contributed by atoms with van der Waals surface area (Å²) >= 11 is 0. The molecule has 10 nitrogen and oxygen atoms in total. The predicted octanol–water partition coefficient (Wildman–Crippen LogP) is 5.41. The second kappa shape index (κ2) is 11.1. The number of pyridine rings is 1. The molecule has 2 aromatic carbocycles. The molecule has 1 unspecified atom stereocenters. The van der Waals surface area contributed by atoms with E-state index in [1.807, 2.05) is 45.0 Å². The van der Waals surface area contributed by atoms with E-state index >= 15 is 0 Å². The summed E-state index contributed by atoms with van der Waals surface area (Å²) in [6, 6.07) is 13.3. The maximum absolute atomic E-state index is 14.7. The summed E-state index contributed by atoms with van der Waals surface area (Å²) in [5, 5.41) is 18.3. The van der Waals surface area contributed by atoms with Gasteiger partial charge in [-0.25, -0.2) is 23.6 Å². The van der Waals surface area contributed by atoms with Gasteiger partial charge in [0.05, 0.1) is 24.6 Å². The average molecular weight is 562 g/mol. The molecule has 2 aromatic heterocycles. The number of rotatable bonds is 7. The number of nitrogens with zero attached hydrogens (tertiary/aromatic N) is 4. The Kier molecular flexibility index (Phi) is 7.53. The number of ether oxygens (including phenoxy) is 2. The van der Waals surface area contributed by atoms with E-state index in [2.05, 4.69) is 10.3 Å². The van der Waals surface area contributed by atoms with Gasteiger partial charge < -0.3 is 24.8 Å². The van der Waals surface area contributed by atoms with Crippen LogP contribution < -0.4 is 10.1 Å². The molecule has 1 saturated heterocycles. The van der Waals surface area contributed by atoms with E-state index in [9.17, 15) is 19.1 Å². The van der Waals surface area contributed by atoms with Crippen LogP contribution in [0.1, 0.15) is 43.1 Å². The zero-order valence-corrected chi connectivity index (χ0v) is 23.3. The monoisotopic (exact) mass is 561 g/mol. The van der Waals surface area contributed by atoms with E-state index in [1.54, 1.807) is 35.0 Å². The van der Waals surface area contributed by atoms with E-state index in [-0.39, 0.29) is 12.1 Å². The highest BCUT2D eigenvalue weighted by atomic mass is 19.1. The molecule has 5 rings (SSSR count). The molecule has 11 heteroatoms. The van der Waals surface area contributed by atoms with Crippen LogP contribution in [0.4, 0.5) is 15.0 Å². The van der Waals surface area contributed by atoms with Gasteiger partial charge in [-0.2, -0.15) is 5.10 Å². The number of nitrogens with one attached hydrogen (secondary N) is 1. The SMILES string of the molecule is COc1ccc(Cn2nc(NC3CCN(C(=O)OC(C)(C)C)C3)c3c(-c4ccc(C(=O)O)c(F)c4)ccnc32)cc1. The zero-order valence-electron chi connectivity index (χ0n) is 23.3. The Morgan fingerprint density at radius 3 is 2.56 bits per heavy atom. The van der Waals surface area contributed by atoms with Crippen molar-refractivity contribution >= 4 is 28.9 Å². The van der Waals surface area contributed by atoms with Crippen molar-refractivity contribution in [3.63, 3.8) is 0 Å². The van der Waals surface area contributed by atoms with Gasteiger partial charge in [0.2, 0.25) is 0 Å². The summed E-state index contributed by atoms with van der Waals surface area (Å²) in [4.78, 5) is 30.3. The normalized spacial score (nSPS) is 15.2. The molecule has 41 heavy (non-hydrogen) atoms. The highest BCUT2D eigenvalue weighted by Gasteiger charge is 2.31. The fraction of sp³-hybridized carbons (Fsp3) is 0.333. The first-order valence-electron chi connectivity index (χ1n) is 13.3. The lowest BCUT2D eigenvalue weighted by Crippen LogP contribution is -2.36. The smallest absolute Gasteiger partial charge is 0.410 e. The number of halogens is 1. The van der Waals surface area contributed by atoms with Gasteiger partial charge >= 0.3 is 12.1 Å². The molecule has 3 heterocycles. The Hall–Kier alpha value is -4.67. The molecule has 1 fully saturated rings. The number of hydrogen-bond donors (Lipinski definition) is 2. The van der Waals surface area contributed by atoms with Crippen LogP contribution in [0.15, 0.2) is 54.7 Å². The highest BCUT2D eigenvalue weighted by Crippen LogP contribution is 2.35.